The van der Waals surface area contributed by atoms with Crippen molar-refractivity contribution in [1.82, 2.24) is 14.3 Å². The van der Waals surface area contributed by atoms with Crippen molar-refractivity contribution in [3.8, 4) is 40.2 Å². The molecular weight excluding hydrogens is 592 g/mol. The van der Waals surface area contributed by atoms with Gasteiger partial charge in [0.25, 0.3) is 11.5 Å². The molecule has 4 aromatic rings. The van der Waals surface area contributed by atoms with Gasteiger partial charge in [0.1, 0.15) is 46.9 Å². The summed E-state index contributed by atoms with van der Waals surface area (Å²) < 4.78 is 77.9. The number of nitrogens with one attached hydrogen (secondary N) is 1. The van der Waals surface area contributed by atoms with Crippen LogP contribution >= 0.6 is 0 Å². The third-order valence-electron chi connectivity index (χ3n) is 6.12. The minimum absolute atomic E-state index is 0.0466. The van der Waals surface area contributed by atoms with Crippen LogP contribution in [0.1, 0.15) is 24.2 Å². The first-order chi connectivity index (χ1) is 20.7. The number of anilines is 1. The van der Waals surface area contributed by atoms with Crippen LogP contribution in [0.3, 0.4) is 0 Å². The minimum atomic E-state index is -3.08. The summed E-state index contributed by atoms with van der Waals surface area (Å²) in [5.41, 5.74) is -3.83. The maximum Gasteiger partial charge on any atom is 0.387 e. The van der Waals surface area contributed by atoms with Gasteiger partial charge in [0.15, 0.2) is 5.82 Å². The fourth-order valence-corrected chi connectivity index (χ4v) is 4.15. The molecule has 0 atom stereocenters. The maximum absolute atomic E-state index is 15.4. The first-order valence-corrected chi connectivity index (χ1v) is 12.9. The molecule has 0 aliphatic carbocycles. The molecule has 2 N–H and O–H groups in total. The molecule has 11 nitrogen and oxygen atoms in total. The van der Waals surface area contributed by atoms with Gasteiger partial charge in [-0.25, -0.2) is 8.78 Å². The summed E-state index contributed by atoms with van der Waals surface area (Å²) in [7, 11) is 3.88. The van der Waals surface area contributed by atoms with Gasteiger partial charge in [-0.1, -0.05) is 0 Å². The number of aromatic nitrogens is 3. The fraction of sp³-hybridized carbons (Fsp3) is 0.276. The van der Waals surface area contributed by atoms with Crippen molar-refractivity contribution < 1.29 is 46.4 Å². The summed E-state index contributed by atoms with van der Waals surface area (Å²) in [5.74, 6) is -3.43. The number of nitrogens with zero attached hydrogens (tertiary/aromatic N) is 3. The van der Waals surface area contributed by atoms with Crippen LogP contribution in [0.15, 0.2) is 53.3 Å². The van der Waals surface area contributed by atoms with Crippen molar-refractivity contribution in [3.63, 3.8) is 0 Å². The Morgan fingerprint density at radius 1 is 1.00 bits per heavy atom. The fourth-order valence-electron chi connectivity index (χ4n) is 4.15. The molecule has 15 heteroatoms. The quantitative estimate of drug-likeness (QED) is 0.234. The Hall–Kier alpha value is -5.05. The van der Waals surface area contributed by atoms with E-state index in [2.05, 4.69) is 15.0 Å². The van der Waals surface area contributed by atoms with Gasteiger partial charge in [0.2, 0.25) is 5.88 Å². The molecular formula is C29H28F4N4O7. The summed E-state index contributed by atoms with van der Waals surface area (Å²) in [5, 5.41) is 12.4. The number of methoxy groups -OCH3 is 2. The van der Waals surface area contributed by atoms with E-state index in [4.69, 9.17) is 14.2 Å². The molecule has 0 unspecified atom stereocenters. The Balaban J connectivity index is 1.89. The molecule has 0 radical (unpaired) electrons. The summed E-state index contributed by atoms with van der Waals surface area (Å²) in [6.45, 7) is -0.242. The summed E-state index contributed by atoms with van der Waals surface area (Å²) in [6, 6.07) is 9.11. The van der Waals surface area contributed by atoms with Crippen molar-refractivity contribution in [2.45, 2.75) is 26.1 Å². The van der Waals surface area contributed by atoms with Crippen molar-refractivity contribution in [2.24, 2.45) is 7.05 Å². The van der Waals surface area contributed by atoms with Gasteiger partial charge in [-0.3, -0.25) is 14.3 Å². The molecule has 0 fully saturated rings. The molecule has 0 spiro atoms. The van der Waals surface area contributed by atoms with Crippen LogP contribution in [0, 0.1) is 11.6 Å². The van der Waals surface area contributed by atoms with Gasteiger partial charge in [-0.2, -0.15) is 18.4 Å². The minimum Gasteiger partial charge on any atom is -0.497 e. The summed E-state index contributed by atoms with van der Waals surface area (Å²) >= 11 is 0. The normalized spacial score (nSPS) is 11.4. The lowest BCUT2D eigenvalue weighted by Gasteiger charge is -2.18. The highest BCUT2D eigenvalue weighted by molar-refractivity contribution is 6.06. The number of carbonyl (C=O) groups is 1. The predicted molar refractivity (Wildman–Crippen MR) is 150 cm³/mol. The number of benzene rings is 2. The molecule has 2 heterocycles. The Bertz CT molecular complexity index is 1710. The van der Waals surface area contributed by atoms with Crippen LogP contribution in [0.5, 0.6) is 23.1 Å². The highest BCUT2D eigenvalue weighted by Crippen LogP contribution is 2.35. The number of ether oxygens (including phenoxy) is 4. The predicted octanol–water partition coefficient (Wildman–Crippen LogP) is 4.54. The Kier molecular flexibility index (Phi) is 9.18. The number of hydrogen-bond donors (Lipinski definition) is 2. The molecule has 0 saturated heterocycles. The van der Waals surface area contributed by atoms with E-state index in [1.54, 1.807) is 0 Å². The zero-order valence-electron chi connectivity index (χ0n) is 24.2. The molecule has 4 rings (SSSR count). The van der Waals surface area contributed by atoms with Crippen molar-refractivity contribution in [2.75, 3.05) is 26.1 Å². The number of pyridine rings is 1. The van der Waals surface area contributed by atoms with E-state index in [1.807, 2.05) is 0 Å². The van der Waals surface area contributed by atoms with Gasteiger partial charge in [-0.05, 0) is 38.1 Å². The smallest absolute Gasteiger partial charge is 0.387 e. The average molecular weight is 621 g/mol. The summed E-state index contributed by atoms with van der Waals surface area (Å²) in [6.07, 6.45) is 0. The average Bonchev–Trinajstić information content (AvgIpc) is 3.19. The Morgan fingerprint density at radius 3 is 2.14 bits per heavy atom. The van der Waals surface area contributed by atoms with E-state index in [1.165, 1.54) is 59.4 Å². The lowest BCUT2D eigenvalue weighted by molar-refractivity contribution is -0.0498. The highest BCUT2D eigenvalue weighted by atomic mass is 19.3. The van der Waals surface area contributed by atoms with Gasteiger partial charge in [0, 0.05) is 36.9 Å². The van der Waals surface area contributed by atoms with Crippen LogP contribution in [-0.4, -0.2) is 58.4 Å². The van der Waals surface area contributed by atoms with Gasteiger partial charge in [-0.15, -0.1) is 0 Å². The van der Waals surface area contributed by atoms with E-state index in [0.717, 1.165) is 33.6 Å². The number of hydrogen-bond acceptors (Lipinski definition) is 8. The number of halogens is 4. The van der Waals surface area contributed by atoms with Gasteiger partial charge < -0.3 is 29.4 Å². The van der Waals surface area contributed by atoms with E-state index >= 15 is 8.78 Å². The Morgan fingerprint density at radius 2 is 1.59 bits per heavy atom. The molecule has 0 aliphatic rings. The Labute approximate surface area is 248 Å². The molecule has 234 valence electrons. The first kappa shape index (κ1) is 31.9. The monoisotopic (exact) mass is 620 g/mol. The van der Waals surface area contributed by atoms with Crippen LogP contribution in [0.2, 0.25) is 0 Å². The number of aliphatic hydroxyl groups is 1. The topological polar surface area (TPSA) is 126 Å². The highest BCUT2D eigenvalue weighted by Gasteiger charge is 2.28. The van der Waals surface area contributed by atoms with Crippen molar-refractivity contribution in [3.05, 3.63) is 76.1 Å². The van der Waals surface area contributed by atoms with Gasteiger partial charge >= 0.3 is 6.61 Å². The van der Waals surface area contributed by atoms with Crippen molar-refractivity contribution in [1.29, 1.82) is 0 Å². The molecule has 2 aromatic heterocycles. The second-order valence-electron chi connectivity index (χ2n) is 9.99. The largest absolute Gasteiger partial charge is 0.497 e. The zero-order chi connectivity index (χ0) is 32.3. The first-order valence-electron chi connectivity index (χ1n) is 12.9. The molecule has 2 aromatic carbocycles. The molecule has 0 saturated carbocycles. The van der Waals surface area contributed by atoms with E-state index in [-0.39, 0.29) is 46.8 Å². The number of rotatable bonds is 11. The molecule has 0 aliphatic heterocycles. The molecule has 0 bridgehead atoms. The number of carbonyl (C=O) groups excluding carboxylic acids is 1. The van der Waals surface area contributed by atoms with E-state index in [0.29, 0.717) is 0 Å². The number of alkyl halides is 2. The van der Waals surface area contributed by atoms with Crippen LogP contribution in [0.4, 0.5) is 23.2 Å². The SMILES string of the molecule is COc1cc(OCC(C)(C)O)nc(-n2c(=O)c(NC(=O)c3ccc(OC(F)F)cc3)c(-c3c(F)cc(OC)cc3F)n2C)c1. The van der Waals surface area contributed by atoms with Gasteiger partial charge in [0.05, 0.1) is 25.4 Å². The lowest BCUT2D eigenvalue weighted by Crippen LogP contribution is -2.28. The summed E-state index contributed by atoms with van der Waals surface area (Å²) in [4.78, 5) is 31.4. The lowest BCUT2D eigenvalue weighted by atomic mass is 10.1. The van der Waals surface area contributed by atoms with E-state index < -0.39 is 46.6 Å². The third kappa shape index (κ3) is 6.94. The van der Waals surface area contributed by atoms with Crippen LogP contribution < -0.4 is 29.8 Å². The van der Waals surface area contributed by atoms with Crippen LogP contribution in [-0.2, 0) is 7.05 Å². The van der Waals surface area contributed by atoms with Crippen molar-refractivity contribution >= 4 is 11.6 Å². The van der Waals surface area contributed by atoms with E-state index in [9.17, 15) is 23.5 Å². The third-order valence-corrected chi connectivity index (χ3v) is 6.12. The second kappa shape index (κ2) is 12.7. The standard InChI is InChI=1S/C29H28F4N4O7/c1-29(2,40)14-43-22-13-18(42-5)12-21(34-22)37-27(39)24(35-26(38)15-6-8-16(9-7-15)44-28(32)33)25(36(37)3)23-19(30)10-17(41-4)11-20(23)31/h6-13,28,40H,14H2,1-5H3,(H,35,38). The molecule has 1 amide bonds. The second-order valence-corrected chi connectivity index (χ2v) is 9.99. The zero-order valence-corrected chi connectivity index (χ0v) is 24.2. The van der Waals surface area contributed by atoms with Crippen LogP contribution in [0.25, 0.3) is 17.1 Å². The molecule has 44 heavy (non-hydrogen) atoms. The maximum atomic E-state index is 15.4. The number of amides is 1.